The normalized spacial score (nSPS) is 10.9. The summed E-state index contributed by atoms with van der Waals surface area (Å²) in [5, 5.41) is 10.7. The first-order valence-corrected chi connectivity index (χ1v) is 10.3. The third kappa shape index (κ3) is 4.12. The number of thiazole rings is 1. The molecule has 2 heterocycles. The lowest BCUT2D eigenvalue weighted by Gasteiger charge is -2.07. The topological polar surface area (TPSA) is 59.8 Å². The van der Waals surface area contributed by atoms with Gasteiger partial charge in [0.15, 0.2) is 0 Å². The van der Waals surface area contributed by atoms with Gasteiger partial charge in [-0.2, -0.15) is 5.10 Å². The van der Waals surface area contributed by atoms with Gasteiger partial charge in [-0.05, 0) is 45.0 Å². The summed E-state index contributed by atoms with van der Waals surface area (Å²) >= 11 is 1.63. The molecular formula is C23H22N4OS. The standard InChI is InChI=1S/C23H22N4OS/c1-15-21(16(2)27(26-15)20-7-5-4-6-8-20)13-23(28)25-19-11-9-18(10-12-19)22-14-29-17(3)24-22/h4-12,14H,13H2,1-3H3,(H,25,28). The summed E-state index contributed by atoms with van der Waals surface area (Å²) in [6, 6.07) is 17.7. The SMILES string of the molecule is Cc1nc(-c2ccc(NC(=O)Cc3c(C)nn(-c4ccccc4)c3C)cc2)cs1. The lowest BCUT2D eigenvalue weighted by atomic mass is 10.1. The summed E-state index contributed by atoms with van der Waals surface area (Å²) in [7, 11) is 0. The molecule has 0 saturated heterocycles. The van der Waals surface area contributed by atoms with Crippen molar-refractivity contribution in [2.45, 2.75) is 27.2 Å². The number of nitrogens with one attached hydrogen (secondary N) is 1. The van der Waals surface area contributed by atoms with E-state index in [4.69, 9.17) is 0 Å². The van der Waals surface area contributed by atoms with Crippen LogP contribution < -0.4 is 5.32 Å². The summed E-state index contributed by atoms with van der Waals surface area (Å²) in [5.74, 6) is -0.0546. The van der Waals surface area contributed by atoms with E-state index in [1.54, 1.807) is 11.3 Å². The van der Waals surface area contributed by atoms with Crippen molar-refractivity contribution in [3.05, 3.63) is 81.9 Å². The highest BCUT2D eigenvalue weighted by molar-refractivity contribution is 7.09. The number of nitrogens with zero attached hydrogens (tertiary/aromatic N) is 3. The highest BCUT2D eigenvalue weighted by Crippen LogP contribution is 2.23. The summed E-state index contributed by atoms with van der Waals surface area (Å²) in [6.07, 6.45) is 0.289. The first-order valence-electron chi connectivity index (χ1n) is 9.44. The largest absolute Gasteiger partial charge is 0.326 e. The molecule has 0 spiro atoms. The number of anilines is 1. The molecule has 0 fully saturated rings. The predicted octanol–water partition coefficient (Wildman–Crippen LogP) is 5.10. The Hall–Kier alpha value is -3.25. The molecule has 0 radical (unpaired) electrons. The number of aryl methyl sites for hydroxylation is 2. The van der Waals surface area contributed by atoms with E-state index in [2.05, 4.69) is 15.4 Å². The molecule has 2 aromatic heterocycles. The fourth-order valence-corrected chi connectivity index (χ4v) is 3.96. The van der Waals surface area contributed by atoms with Crippen molar-refractivity contribution in [1.82, 2.24) is 14.8 Å². The number of carbonyl (C=O) groups excluding carboxylic acids is 1. The van der Waals surface area contributed by atoms with Gasteiger partial charge in [-0.15, -0.1) is 11.3 Å². The summed E-state index contributed by atoms with van der Waals surface area (Å²) in [5.41, 5.74) is 6.59. The van der Waals surface area contributed by atoms with Gasteiger partial charge in [0.05, 0.1) is 28.5 Å². The van der Waals surface area contributed by atoms with Crippen molar-refractivity contribution in [2.75, 3.05) is 5.32 Å². The van der Waals surface area contributed by atoms with Gasteiger partial charge in [0, 0.05) is 27.9 Å². The molecule has 0 unspecified atom stereocenters. The van der Waals surface area contributed by atoms with Crippen LogP contribution in [0.5, 0.6) is 0 Å². The molecule has 6 heteroatoms. The van der Waals surface area contributed by atoms with E-state index in [1.165, 1.54) is 0 Å². The van der Waals surface area contributed by atoms with E-state index in [9.17, 15) is 4.79 Å². The number of carbonyl (C=O) groups is 1. The van der Waals surface area contributed by atoms with Crippen LogP contribution in [-0.2, 0) is 11.2 Å². The van der Waals surface area contributed by atoms with E-state index < -0.39 is 0 Å². The zero-order valence-corrected chi connectivity index (χ0v) is 17.5. The molecule has 0 aliphatic rings. The van der Waals surface area contributed by atoms with Crippen molar-refractivity contribution in [2.24, 2.45) is 0 Å². The van der Waals surface area contributed by atoms with Gasteiger partial charge in [-0.25, -0.2) is 9.67 Å². The van der Waals surface area contributed by atoms with Gasteiger partial charge in [0.2, 0.25) is 5.91 Å². The number of hydrogen-bond acceptors (Lipinski definition) is 4. The fourth-order valence-electron chi connectivity index (χ4n) is 3.34. The number of hydrogen-bond donors (Lipinski definition) is 1. The monoisotopic (exact) mass is 402 g/mol. The molecule has 5 nitrogen and oxygen atoms in total. The van der Waals surface area contributed by atoms with Crippen molar-refractivity contribution in [3.63, 3.8) is 0 Å². The molecule has 0 aliphatic heterocycles. The molecule has 1 amide bonds. The molecule has 146 valence electrons. The Morgan fingerprint density at radius 1 is 1.03 bits per heavy atom. The van der Waals surface area contributed by atoms with Crippen LogP contribution in [0.15, 0.2) is 60.0 Å². The smallest absolute Gasteiger partial charge is 0.228 e. The summed E-state index contributed by atoms with van der Waals surface area (Å²) in [4.78, 5) is 17.1. The number of rotatable bonds is 5. The molecule has 0 saturated carbocycles. The summed E-state index contributed by atoms with van der Waals surface area (Å²) < 4.78 is 1.89. The van der Waals surface area contributed by atoms with Crippen LogP contribution in [0.4, 0.5) is 5.69 Å². The number of benzene rings is 2. The Kier molecular flexibility index (Phi) is 5.27. The van der Waals surface area contributed by atoms with Crippen LogP contribution in [0, 0.1) is 20.8 Å². The Labute approximate surface area is 174 Å². The van der Waals surface area contributed by atoms with Crippen molar-refractivity contribution in [3.8, 4) is 16.9 Å². The Bertz CT molecular complexity index is 1140. The minimum Gasteiger partial charge on any atom is -0.326 e. The van der Waals surface area contributed by atoms with Crippen LogP contribution in [0.25, 0.3) is 16.9 Å². The van der Waals surface area contributed by atoms with Gasteiger partial charge in [-0.3, -0.25) is 4.79 Å². The molecule has 4 aromatic rings. The Morgan fingerprint density at radius 2 is 1.76 bits per heavy atom. The van der Waals surface area contributed by atoms with Crippen LogP contribution in [0.2, 0.25) is 0 Å². The number of para-hydroxylation sites is 1. The zero-order chi connectivity index (χ0) is 20.4. The van der Waals surface area contributed by atoms with E-state index >= 15 is 0 Å². The molecule has 0 atom stereocenters. The van der Waals surface area contributed by atoms with Crippen molar-refractivity contribution < 1.29 is 4.79 Å². The van der Waals surface area contributed by atoms with Gasteiger partial charge < -0.3 is 5.32 Å². The third-order valence-electron chi connectivity index (χ3n) is 4.86. The van der Waals surface area contributed by atoms with Crippen LogP contribution in [0.3, 0.4) is 0 Å². The minimum absolute atomic E-state index is 0.0546. The van der Waals surface area contributed by atoms with Crippen LogP contribution in [-0.4, -0.2) is 20.7 Å². The summed E-state index contributed by atoms with van der Waals surface area (Å²) in [6.45, 7) is 5.94. The molecule has 0 aliphatic carbocycles. The average Bonchev–Trinajstić information content (AvgIpc) is 3.28. The highest BCUT2D eigenvalue weighted by Gasteiger charge is 2.16. The molecular weight excluding hydrogens is 380 g/mol. The van der Waals surface area contributed by atoms with E-state index in [-0.39, 0.29) is 12.3 Å². The van der Waals surface area contributed by atoms with Gasteiger partial charge in [-0.1, -0.05) is 30.3 Å². The third-order valence-corrected chi connectivity index (χ3v) is 5.64. The van der Waals surface area contributed by atoms with Crippen LogP contribution >= 0.6 is 11.3 Å². The quantitative estimate of drug-likeness (QED) is 0.505. The van der Waals surface area contributed by atoms with Gasteiger partial charge in [0.25, 0.3) is 0 Å². The van der Waals surface area contributed by atoms with Crippen molar-refractivity contribution >= 4 is 22.9 Å². The maximum Gasteiger partial charge on any atom is 0.228 e. The maximum absolute atomic E-state index is 12.6. The Balaban J connectivity index is 1.47. The number of amides is 1. The minimum atomic E-state index is -0.0546. The first kappa shape index (κ1) is 19.1. The predicted molar refractivity (Wildman–Crippen MR) is 118 cm³/mol. The second-order valence-corrected chi connectivity index (χ2v) is 8.01. The van der Waals surface area contributed by atoms with Gasteiger partial charge >= 0.3 is 0 Å². The average molecular weight is 403 g/mol. The van der Waals surface area contributed by atoms with E-state index in [1.807, 2.05) is 85.4 Å². The lowest BCUT2D eigenvalue weighted by molar-refractivity contribution is -0.115. The maximum atomic E-state index is 12.6. The van der Waals surface area contributed by atoms with Crippen LogP contribution in [0.1, 0.15) is 22.0 Å². The van der Waals surface area contributed by atoms with E-state index in [0.717, 1.165) is 44.6 Å². The lowest BCUT2D eigenvalue weighted by Crippen LogP contribution is -2.15. The Morgan fingerprint density at radius 3 is 2.41 bits per heavy atom. The second-order valence-electron chi connectivity index (χ2n) is 6.95. The first-order chi connectivity index (χ1) is 14.0. The molecule has 0 bridgehead atoms. The molecule has 4 rings (SSSR count). The second kappa shape index (κ2) is 8.01. The fraction of sp³-hybridized carbons (Fsp3) is 0.174. The molecule has 1 N–H and O–H groups in total. The number of aromatic nitrogens is 3. The van der Waals surface area contributed by atoms with Gasteiger partial charge in [0.1, 0.15) is 0 Å². The van der Waals surface area contributed by atoms with E-state index in [0.29, 0.717) is 0 Å². The molecule has 2 aromatic carbocycles. The highest BCUT2D eigenvalue weighted by atomic mass is 32.1. The van der Waals surface area contributed by atoms with Crippen molar-refractivity contribution in [1.29, 1.82) is 0 Å². The molecule has 29 heavy (non-hydrogen) atoms. The zero-order valence-electron chi connectivity index (χ0n) is 16.6.